The van der Waals surface area contributed by atoms with Crippen LogP contribution in [0.15, 0.2) is 0 Å². The molecule has 4 unspecified atom stereocenters. The van der Waals surface area contributed by atoms with Gasteiger partial charge < -0.3 is 0 Å². The lowest BCUT2D eigenvalue weighted by atomic mass is 9.90. The third kappa shape index (κ3) is 0.764. The minimum Gasteiger partial charge on any atom is -0.298 e. The van der Waals surface area contributed by atoms with Crippen molar-refractivity contribution in [1.29, 1.82) is 0 Å². The summed E-state index contributed by atoms with van der Waals surface area (Å²) in [5.74, 6) is 1.39. The molecule has 4 bridgehead atoms. The maximum Gasteiger partial charge on any atom is 0.150 e. The molecule has 12 heavy (non-hydrogen) atoms. The maximum absolute atomic E-state index is 11.6. The molecule has 4 atom stereocenters. The fraction of sp³-hybridized carbons (Fsp3) is 0.900. The second-order valence-electron chi connectivity index (χ2n) is 4.46. The number of hydrogen-bond acceptors (Lipinski definition) is 2. The molecule has 3 aliphatic heterocycles. The highest BCUT2D eigenvalue weighted by atomic mass is 16.1. The van der Waals surface area contributed by atoms with Gasteiger partial charge in [0.2, 0.25) is 0 Å². The number of carbonyl (C=O) groups is 1. The summed E-state index contributed by atoms with van der Waals surface area (Å²) in [6, 6.07) is 1.14. The molecular formula is C10H15NO. The fourth-order valence-electron chi connectivity index (χ4n) is 3.42. The van der Waals surface area contributed by atoms with Crippen LogP contribution in [0.25, 0.3) is 0 Å². The van der Waals surface area contributed by atoms with Crippen LogP contribution in [0, 0.1) is 5.92 Å². The van der Waals surface area contributed by atoms with Crippen molar-refractivity contribution in [2.45, 2.75) is 44.2 Å². The van der Waals surface area contributed by atoms with Crippen molar-refractivity contribution in [2.75, 3.05) is 6.54 Å². The number of nitrogens with zero attached hydrogens (tertiary/aromatic N) is 1. The number of carbonyl (C=O) groups excluding carboxylic acids is 1. The first-order valence-electron chi connectivity index (χ1n) is 5.15. The van der Waals surface area contributed by atoms with Gasteiger partial charge in [0.1, 0.15) is 5.78 Å². The highest BCUT2D eigenvalue weighted by Gasteiger charge is 2.48. The average Bonchev–Trinajstić information content (AvgIpc) is 2.26. The predicted molar refractivity (Wildman–Crippen MR) is 45.9 cm³/mol. The summed E-state index contributed by atoms with van der Waals surface area (Å²) >= 11 is 0. The molecule has 3 rings (SSSR count). The average molecular weight is 165 g/mol. The molecule has 66 valence electrons. The molecule has 0 N–H and O–H groups in total. The first kappa shape index (κ1) is 7.07. The summed E-state index contributed by atoms with van der Waals surface area (Å²) in [6.07, 6.45) is 5.90. The molecule has 0 saturated carbocycles. The molecule has 0 aliphatic carbocycles. The van der Waals surface area contributed by atoms with E-state index in [9.17, 15) is 4.79 Å². The van der Waals surface area contributed by atoms with Crippen molar-refractivity contribution in [3.8, 4) is 0 Å². The Bertz CT molecular complexity index is 226. The van der Waals surface area contributed by atoms with Crippen molar-refractivity contribution < 1.29 is 4.79 Å². The van der Waals surface area contributed by atoms with Gasteiger partial charge in [-0.3, -0.25) is 9.69 Å². The van der Waals surface area contributed by atoms with E-state index in [1.54, 1.807) is 0 Å². The minimum absolute atomic E-state index is 0.344. The summed E-state index contributed by atoms with van der Waals surface area (Å²) in [4.78, 5) is 14.0. The van der Waals surface area contributed by atoms with E-state index in [4.69, 9.17) is 0 Å². The van der Waals surface area contributed by atoms with E-state index < -0.39 is 0 Å². The number of piperidine rings is 2. The second kappa shape index (κ2) is 2.32. The van der Waals surface area contributed by atoms with E-state index in [0.29, 0.717) is 11.8 Å². The van der Waals surface area contributed by atoms with Crippen molar-refractivity contribution in [3.05, 3.63) is 0 Å². The van der Waals surface area contributed by atoms with Gasteiger partial charge in [0.25, 0.3) is 0 Å². The summed E-state index contributed by atoms with van der Waals surface area (Å²) in [6.45, 7) is 1.19. The van der Waals surface area contributed by atoms with Crippen LogP contribution in [0.1, 0.15) is 32.1 Å². The quantitative estimate of drug-likeness (QED) is 0.537. The third-order valence-electron chi connectivity index (χ3n) is 3.95. The molecule has 0 aromatic heterocycles. The lowest BCUT2D eigenvalue weighted by Gasteiger charge is -2.37. The Balaban J connectivity index is 1.95. The molecule has 0 aromatic rings. The van der Waals surface area contributed by atoms with Crippen LogP contribution >= 0.6 is 0 Å². The molecule has 3 aliphatic rings. The first-order valence-corrected chi connectivity index (χ1v) is 5.15. The monoisotopic (exact) mass is 165 g/mol. The lowest BCUT2D eigenvalue weighted by Crippen LogP contribution is -2.47. The molecule has 0 spiro atoms. The topological polar surface area (TPSA) is 20.3 Å². The molecule has 3 heterocycles. The first-order chi connectivity index (χ1) is 5.86. The Morgan fingerprint density at radius 1 is 1.33 bits per heavy atom. The van der Waals surface area contributed by atoms with Gasteiger partial charge >= 0.3 is 0 Å². The van der Waals surface area contributed by atoms with Crippen molar-refractivity contribution >= 4 is 5.78 Å². The summed E-state index contributed by atoms with van der Waals surface area (Å²) < 4.78 is 0. The van der Waals surface area contributed by atoms with Gasteiger partial charge in [0, 0.05) is 12.5 Å². The van der Waals surface area contributed by atoms with Gasteiger partial charge in [0.15, 0.2) is 0 Å². The molecule has 3 fully saturated rings. The minimum atomic E-state index is 0.344. The summed E-state index contributed by atoms with van der Waals surface area (Å²) in [7, 11) is 0. The van der Waals surface area contributed by atoms with Crippen molar-refractivity contribution in [2.24, 2.45) is 5.92 Å². The molecule has 0 aromatic carbocycles. The largest absolute Gasteiger partial charge is 0.298 e. The number of Topliss-reactive ketones (excluding diaryl/α,β-unsaturated/α-hetero) is 1. The van der Waals surface area contributed by atoms with E-state index in [2.05, 4.69) is 4.90 Å². The molecule has 2 nitrogen and oxygen atoms in total. The molecule has 2 heteroatoms. The smallest absolute Gasteiger partial charge is 0.150 e. The fourth-order valence-corrected chi connectivity index (χ4v) is 3.42. The molecule has 3 saturated heterocycles. The van der Waals surface area contributed by atoms with Crippen molar-refractivity contribution in [3.63, 3.8) is 0 Å². The standard InChI is InChI=1S/C10H15NO/c12-10-4-3-8-7-2-1-5-11(8)9(10)6-7/h7-9H,1-6H2. The Kier molecular flexibility index (Phi) is 1.37. The van der Waals surface area contributed by atoms with E-state index in [1.165, 1.54) is 25.8 Å². The Hall–Kier alpha value is -0.370. The normalized spacial score (nSPS) is 51.2. The number of rotatable bonds is 0. The van der Waals surface area contributed by atoms with E-state index >= 15 is 0 Å². The predicted octanol–water partition coefficient (Wildman–Crippen LogP) is 1.20. The summed E-state index contributed by atoms with van der Waals surface area (Å²) in [5, 5.41) is 0. The second-order valence-corrected chi connectivity index (χ2v) is 4.46. The maximum atomic E-state index is 11.6. The number of hydrogen-bond donors (Lipinski definition) is 0. The molecular weight excluding hydrogens is 150 g/mol. The Morgan fingerprint density at radius 3 is 3.17 bits per heavy atom. The van der Waals surface area contributed by atoms with Gasteiger partial charge in [-0.2, -0.15) is 0 Å². The van der Waals surface area contributed by atoms with Crippen LogP contribution in [0.2, 0.25) is 0 Å². The Morgan fingerprint density at radius 2 is 2.25 bits per heavy atom. The van der Waals surface area contributed by atoms with Crippen LogP contribution in [-0.4, -0.2) is 29.3 Å². The number of ketones is 1. The zero-order chi connectivity index (χ0) is 8.13. The van der Waals surface area contributed by atoms with E-state index in [1.807, 2.05) is 0 Å². The van der Waals surface area contributed by atoms with Gasteiger partial charge in [-0.1, -0.05) is 0 Å². The summed E-state index contributed by atoms with van der Waals surface area (Å²) in [5.41, 5.74) is 0. The van der Waals surface area contributed by atoms with Crippen LogP contribution in [0.3, 0.4) is 0 Å². The SMILES string of the molecule is O=C1CCC2C3CCCN2C1C3. The molecule has 0 radical (unpaired) electrons. The van der Waals surface area contributed by atoms with Crippen molar-refractivity contribution in [1.82, 2.24) is 4.90 Å². The van der Waals surface area contributed by atoms with Crippen LogP contribution in [0.4, 0.5) is 0 Å². The van der Waals surface area contributed by atoms with Gasteiger partial charge in [-0.15, -0.1) is 0 Å². The highest BCUT2D eigenvalue weighted by Crippen LogP contribution is 2.43. The third-order valence-corrected chi connectivity index (χ3v) is 3.95. The van der Waals surface area contributed by atoms with Crippen LogP contribution < -0.4 is 0 Å². The van der Waals surface area contributed by atoms with Gasteiger partial charge in [-0.25, -0.2) is 0 Å². The van der Waals surface area contributed by atoms with Crippen LogP contribution in [-0.2, 0) is 4.79 Å². The Labute approximate surface area is 72.9 Å². The van der Waals surface area contributed by atoms with Crippen LogP contribution in [0.5, 0.6) is 0 Å². The zero-order valence-corrected chi connectivity index (χ0v) is 7.33. The van der Waals surface area contributed by atoms with E-state index in [0.717, 1.165) is 24.8 Å². The van der Waals surface area contributed by atoms with Gasteiger partial charge in [0.05, 0.1) is 6.04 Å². The highest BCUT2D eigenvalue weighted by molar-refractivity contribution is 5.85. The zero-order valence-electron chi connectivity index (χ0n) is 7.33. The van der Waals surface area contributed by atoms with Gasteiger partial charge in [-0.05, 0) is 38.1 Å². The van der Waals surface area contributed by atoms with E-state index in [-0.39, 0.29) is 0 Å². The lowest BCUT2D eigenvalue weighted by molar-refractivity contribution is -0.126. The molecule has 0 amide bonds.